The monoisotopic (exact) mass is 518 g/mol. The third-order valence-corrected chi connectivity index (χ3v) is 6.44. The normalized spacial score (nSPS) is 20.3. The van der Waals surface area contributed by atoms with Crippen molar-refractivity contribution in [2.75, 3.05) is 46.1 Å². The lowest BCUT2D eigenvalue weighted by atomic mass is 10.0. The number of carbonyl (C=O) groups is 2. The number of ether oxygens (including phenoxy) is 4. The summed E-state index contributed by atoms with van der Waals surface area (Å²) in [6.45, 7) is 8.42. The first-order chi connectivity index (χ1) is 18.5. The van der Waals surface area contributed by atoms with Gasteiger partial charge in [-0.1, -0.05) is 0 Å². The van der Waals surface area contributed by atoms with E-state index in [-0.39, 0.29) is 18.3 Å². The summed E-state index contributed by atoms with van der Waals surface area (Å²) in [6.07, 6.45) is 5.00. The molecule has 10 heteroatoms. The molecule has 1 aromatic carbocycles. The van der Waals surface area contributed by atoms with Crippen LogP contribution in [0.3, 0.4) is 0 Å². The maximum absolute atomic E-state index is 13.2. The number of aliphatic imine (C=N–C) groups is 1. The maximum Gasteiger partial charge on any atom is 0.326 e. The van der Waals surface area contributed by atoms with Crippen LogP contribution in [-0.2, 0) is 23.8 Å². The molecule has 2 fully saturated rings. The average molecular weight is 519 g/mol. The van der Waals surface area contributed by atoms with Crippen molar-refractivity contribution in [1.82, 2.24) is 14.9 Å². The van der Waals surface area contributed by atoms with Crippen molar-refractivity contribution in [1.29, 1.82) is 0 Å². The highest BCUT2D eigenvalue weighted by atomic mass is 16.5. The van der Waals surface area contributed by atoms with Gasteiger partial charge in [-0.3, -0.25) is 14.5 Å². The fourth-order valence-electron chi connectivity index (χ4n) is 4.41. The number of benzene rings is 1. The van der Waals surface area contributed by atoms with Gasteiger partial charge in [0, 0.05) is 43.0 Å². The molecule has 2 aliphatic rings. The van der Waals surface area contributed by atoms with Gasteiger partial charge < -0.3 is 23.9 Å². The number of H-pyrrole nitrogens is 1. The van der Waals surface area contributed by atoms with Crippen molar-refractivity contribution in [3.05, 3.63) is 59.6 Å². The summed E-state index contributed by atoms with van der Waals surface area (Å²) in [5, 5.41) is 0.828. The first kappa shape index (κ1) is 25.6. The van der Waals surface area contributed by atoms with Crippen molar-refractivity contribution in [2.45, 2.75) is 13.8 Å². The van der Waals surface area contributed by atoms with E-state index in [0.717, 1.165) is 55.1 Å². The van der Waals surface area contributed by atoms with E-state index in [1.807, 2.05) is 31.2 Å². The Morgan fingerprint density at radius 2 is 2.13 bits per heavy atom. The Labute approximate surface area is 220 Å². The molecule has 0 amide bonds. The molecule has 198 valence electrons. The Kier molecular flexibility index (Phi) is 7.81. The molecule has 0 bridgehead atoms. The Morgan fingerprint density at radius 3 is 2.92 bits per heavy atom. The molecule has 0 aliphatic carbocycles. The minimum atomic E-state index is -1.27. The first-order valence-corrected chi connectivity index (χ1v) is 12.7. The van der Waals surface area contributed by atoms with Gasteiger partial charge in [0.25, 0.3) is 0 Å². The van der Waals surface area contributed by atoms with Crippen LogP contribution in [0, 0.1) is 12.8 Å². The van der Waals surface area contributed by atoms with Crippen molar-refractivity contribution in [2.24, 2.45) is 10.9 Å². The number of nitrogens with zero attached hydrogens (tertiary/aromatic N) is 3. The molecule has 0 radical (unpaired) electrons. The Balaban J connectivity index is 1.36. The smallest absolute Gasteiger partial charge is 0.326 e. The van der Waals surface area contributed by atoms with E-state index >= 15 is 0 Å². The van der Waals surface area contributed by atoms with Crippen LogP contribution < -0.4 is 4.74 Å². The van der Waals surface area contributed by atoms with E-state index in [9.17, 15) is 9.59 Å². The van der Waals surface area contributed by atoms with E-state index < -0.39 is 17.7 Å². The third-order valence-electron chi connectivity index (χ3n) is 6.44. The summed E-state index contributed by atoms with van der Waals surface area (Å²) in [6, 6.07) is 9.18. The van der Waals surface area contributed by atoms with Gasteiger partial charge >= 0.3 is 5.97 Å². The number of rotatable bonds is 8. The number of fused-ring (bicyclic) bond motifs is 1. The van der Waals surface area contributed by atoms with Gasteiger partial charge in [0.15, 0.2) is 11.7 Å². The standard InChI is InChI=1S/C28H30N4O6/c1-3-36-28(34)24-25(33)23(16-19-17-30-26-21(19)5-4-8-29-26)38-27(24)31-22-7-6-20(15-18(22)2)37-14-11-32-9-12-35-13-10-32/h4-8,15-17,24H,3,9-14H2,1-2H3,(H,29,30)/b23-16-,31-27?. The number of esters is 1. The van der Waals surface area contributed by atoms with Crippen LogP contribution in [0.2, 0.25) is 0 Å². The second kappa shape index (κ2) is 11.6. The van der Waals surface area contributed by atoms with Gasteiger partial charge in [0.2, 0.25) is 11.7 Å². The number of aromatic amines is 1. The minimum absolute atomic E-state index is 0.0123. The van der Waals surface area contributed by atoms with Crippen LogP contribution in [0.15, 0.2) is 53.5 Å². The molecule has 2 saturated heterocycles. The minimum Gasteiger partial charge on any atom is -0.492 e. The Morgan fingerprint density at radius 1 is 1.29 bits per heavy atom. The fraction of sp³-hybridized carbons (Fsp3) is 0.357. The molecule has 10 nitrogen and oxygen atoms in total. The summed E-state index contributed by atoms with van der Waals surface area (Å²) in [5.41, 5.74) is 2.79. The Bertz CT molecular complexity index is 1390. The van der Waals surface area contributed by atoms with E-state index in [4.69, 9.17) is 18.9 Å². The summed E-state index contributed by atoms with van der Waals surface area (Å²) >= 11 is 0. The summed E-state index contributed by atoms with van der Waals surface area (Å²) in [4.78, 5) is 40.2. The molecule has 0 spiro atoms. The number of ketones is 1. The van der Waals surface area contributed by atoms with E-state index in [0.29, 0.717) is 17.9 Å². The average Bonchev–Trinajstić information content (AvgIpc) is 3.47. The molecule has 1 unspecified atom stereocenters. The van der Waals surface area contributed by atoms with E-state index in [1.54, 1.807) is 31.5 Å². The molecule has 5 rings (SSSR count). The lowest BCUT2D eigenvalue weighted by molar-refractivity contribution is -0.147. The lowest BCUT2D eigenvalue weighted by Crippen LogP contribution is -2.38. The molecule has 3 aromatic rings. The number of carbonyl (C=O) groups excluding carboxylic acids is 2. The van der Waals surface area contributed by atoms with Crippen molar-refractivity contribution in [3.8, 4) is 5.75 Å². The quantitative estimate of drug-likeness (QED) is 0.274. The number of pyridine rings is 1. The molecule has 1 atom stereocenters. The number of allylic oxidation sites excluding steroid dienone is 1. The number of aryl methyl sites for hydroxylation is 1. The molecular weight excluding hydrogens is 488 g/mol. The number of nitrogens with one attached hydrogen (secondary N) is 1. The molecule has 2 aromatic heterocycles. The van der Waals surface area contributed by atoms with Gasteiger partial charge in [0.05, 0.1) is 25.5 Å². The molecular formula is C28H30N4O6. The fourth-order valence-corrected chi connectivity index (χ4v) is 4.41. The van der Waals surface area contributed by atoms with Crippen LogP contribution in [0.25, 0.3) is 17.1 Å². The molecule has 38 heavy (non-hydrogen) atoms. The third kappa shape index (κ3) is 5.61. The van der Waals surface area contributed by atoms with Crippen LogP contribution in [0.1, 0.15) is 18.1 Å². The Hall–Kier alpha value is -4.02. The topological polar surface area (TPSA) is 115 Å². The highest BCUT2D eigenvalue weighted by Crippen LogP contribution is 2.31. The summed E-state index contributed by atoms with van der Waals surface area (Å²) in [5.74, 6) is -1.73. The van der Waals surface area contributed by atoms with Gasteiger partial charge in [-0.05, 0) is 55.8 Å². The van der Waals surface area contributed by atoms with Crippen LogP contribution in [0.5, 0.6) is 5.75 Å². The van der Waals surface area contributed by atoms with Gasteiger partial charge in [0.1, 0.15) is 18.0 Å². The molecule has 4 heterocycles. The molecule has 2 aliphatic heterocycles. The SMILES string of the molecule is CCOC(=O)C1C(=O)/C(=C/c2c[nH]c3ncccc23)OC1=Nc1ccc(OCCN2CCOCC2)cc1C. The van der Waals surface area contributed by atoms with E-state index in [1.165, 1.54) is 0 Å². The zero-order chi connectivity index (χ0) is 26.5. The first-order valence-electron chi connectivity index (χ1n) is 12.7. The van der Waals surface area contributed by atoms with Gasteiger partial charge in [-0.2, -0.15) is 0 Å². The van der Waals surface area contributed by atoms with E-state index in [2.05, 4.69) is 19.9 Å². The number of morpholine rings is 1. The van der Waals surface area contributed by atoms with Crippen molar-refractivity contribution in [3.63, 3.8) is 0 Å². The number of hydrogen-bond donors (Lipinski definition) is 1. The lowest BCUT2D eigenvalue weighted by Gasteiger charge is -2.26. The van der Waals surface area contributed by atoms with Crippen LogP contribution in [-0.4, -0.2) is 78.6 Å². The molecule has 1 N–H and O–H groups in total. The zero-order valence-electron chi connectivity index (χ0n) is 21.4. The summed E-state index contributed by atoms with van der Waals surface area (Å²) < 4.78 is 22.3. The molecule has 0 saturated carbocycles. The van der Waals surface area contributed by atoms with Gasteiger partial charge in [-0.15, -0.1) is 0 Å². The predicted octanol–water partition coefficient (Wildman–Crippen LogP) is 3.43. The number of aromatic nitrogens is 2. The van der Waals surface area contributed by atoms with Crippen molar-refractivity contribution < 1.29 is 28.5 Å². The second-order valence-corrected chi connectivity index (χ2v) is 9.00. The largest absolute Gasteiger partial charge is 0.492 e. The number of hydrogen-bond acceptors (Lipinski definition) is 9. The number of Topliss-reactive ketones (excluding diaryl/α,β-unsaturated/α-hetero) is 1. The van der Waals surface area contributed by atoms with Crippen molar-refractivity contribution >= 4 is 40.4 Å². The zero-order valence-corrected chi connectivity index (χ0v) is 21.4. The van der Waals surface area contributed by atoms with Crippen LogP contribution in [0.4, 0.5) is 5.69 Å². The highest BCUT2D eigenvalue weighted by molar-refractivity contribution is 6.27. The second-order valence-electron chi connectivity index (χ2n) is 9.00. The highest BCUT2D eigenvalue weighted by Gasteiger charge is 2.44. The van der Waals surface area contributed by atoms with Gasteiger partial charge in [-0.25, -0.2) is 9.98 Å². The predicted molar refractivity (Wildman–Crippen MR) is 141 cm³/mol. The summed E-state index contributed by atoms with van der Waals surface area (Å²) in [7, 11) is 0. The van der Waals surface area contributed by atoms with Crippen LogP contribution >= 0.6 is 0 Å². The maximum atomic E-state index is 13.2.